The minimum absolute atomic E-state index is 0.0878. The first-order valence-electron chi connectivity index (χ1n) is 6.55. The predicted octanol–water partition coefficient (Wildman–Crippen LogP) is 2.38. The minimum Gasteiger partial charge on any atom is -0.464 e. The Bertz CT molecular complexity index is 455. The second-order valence-electron chi connectivity index (χ2n) is 4.56. The van der Waals surface area contributed by atoms with Crippen molar-refractivity contribution in [3.63, 3.8) is 0 Å². The van der Waals surface area contributed by atoms with Crippen LogP contribution in [0.5, 0.6) is 0 Å². The molecule has 0 unspecified atom stereocenters. The van der Waals surface area contributed by atoms with E-state index in [2.05, 4.69) is 5.32 Å². The second kappa shape index (κ2) is 7.56. The first kappa shape index (κ1) is 15.2. The lowest BCUT2D eigenvalue weighted by atomic mass is 10.1. The van der Waals surface area contributed by atoms with Gasteiger partial charge in [-0.05, 0) is 43.5 Å². The molecule has 0 heterocycles. The molecule has 1 aromatic carbocycles. The van der Waals surface area contributed by atoms with E-state index in [0.717, 1.165) is 24.0 Å². The van der Waals surface area contributed by atoms with E-state index >= 15 is 0 Å². The number of nitrogens with one attached hydrogen (secondary N) is 1. The van der Waals surface area contributed by atoms with Crippen molar-refractivity contribution < 1.29 is 14.3 Å². The van der Waals surface area contributed by atoms with Crippen molar-refractivity contribution in [1.29, 1.82) is 0 Å². The Balaban J connectivity index is 2.42. The molecule has 104 valence electrons. The molecule has 0 atom stereocenters. The van der Waals surface area contributed by atoms with Gasteiger partial charge >= 0.3 is 5.97 Å². The predicted molar refractivity (Wildman–Crippen MR) is 74.1 cm³/mol. The van der Waals surface area contributed by atoms with E-state index < -0.39 is 5.97 Å². The van der Waals surface area contributed by atoms with Crippen molar-refractivity contribution in [1.82, 2.24) is 5.32 Å². The van der Waals surface area contributed by atoms with Crippen LogP contribution < -0.4 is 5.32 Å². The number of hydrogen-bond acceptors (Lipinski definition) is 3. The Hall–Kier alpha value is -1.84. The third kappa shape index (κ3) is 5.12. The molecule has 4 nitrogen and oxygen atoms in total. The second-order valence-corrected chi connectivity index (χ2v) is 4.56. The summed E-state index contributed by atoms with van der Waals surface area (Å²) in [7, 11) is 0. The normalized spacial score (nSPS) is 10.1. The summed E-state index contributed by atoms with van der Waals surface area (Å²) in [5, 5.41) is 2.56. The molecule has 0 radical (unpaired) electrons. The molecular weight excluding hydrogens is 242 g/mol. The third-order valence-electron chi connectivity index (χ3n) is 2.92. The number of carbonyl (C=O) groups is 2. The van der Waals surface area contributed by atoms with Crippen LogP contribution in [0.1, 0.15) is 41.3 Å². The SMILES string of the molecule is CCCCOC(=O)CNC(=O)c1ccc(C)c(C)c1. The molecule has 1 aromatic rings. The fourth-order valence-corrected chi connectivity index (χ4v) is 1.52. The number of ether oxygens (including phenoxy) is 1. The van der Waals surface area contributed by atoms with E-state index in [0.29, 0.717) is 12.2 Å². The lowest BCUT2D eigenvalue weighted by Gasteiger charge is -2.07. The average molecular weight is 263 g/mol. The fraction of sp³-hybridized carbons (Fsp3) is 0.467. The summed E-state index contributed by atoms with van der Waals surface area (Å²) in [5.74, 6) is -0.652. The van der Waals surface area contributed by atoms with Gasteiger partial charge in [-0.1, -0.05) is 19.4 Å². The molecule has 0 saturated carbocycles. The van der Waals surface area contributed by atoms with Crippen molar-refractivity contribution in [2.45, 2.75) is 33.6 Å². The van der Waals surface area contributed by atoms with Gasteiger partial charge in [0.05, 0.1) is 6.61 Å². The molecule has 4 heteroatoms. The molecule has 0 aliphatic rings. The molecule has 0 aliphatic carbocycles. The van der Waals surface area contributed by atoms with Gasteiger partial charge in [0.2, 0.25) is 0 Å². The zero-order valence-electron chi connectivity index (χ0n) is 11.8. The summed E-state index contributed by atoms with van der Waals surface area (Å²) in [4.78, 5) is 23.2. The van der Waals surface area contributed by atoms with Gasteiger partial charge in [0, 0.05) is 5.56 Å². The fourth-order valence-electron chi connectivity index (χ4n) is 1.52. The highest BCUT2D eigenvalue weighted by Gasteiger charge is 2.09. The molecular formula is C15H21NO3. The quantitative estimate of drug-likeness (QED) is 0.633. The van der Waals surface area contributed by atoms with Crippen LogP contribution in [0.15, 0.2) is 18.2 Å². The number of benzene rings is 1. The lowest BCUT2D eigenvalue weighted by molar-refractivity contribution is -0.142. The van der Waals surface area contributed by atoms with Crippen molar-refractivity contribution in [2.24, 2.45) is 0 Å². The maximum absolute atomic E-state index is 11.8. The third-order valence-corrected chi connectivity index (χ3v) is 2.92. The van der Waals surface area contributed by atoms with Gasteiger partial charge in [-0.3, -0.25) is 9.59 Å². The summed E-state index contributed by atoms with van der Waals surface area (Å²) >= 11 is 0. The highest BCUT2D eigenvalue weighted by Crippen LogP contribution is 2.09. The highest BCUT2D eigenvalue weighted by molar-refractivity contribution is 5.96. The van der Waals surface area contributed by atoms with Crippen molar-refractivity contribution in [3.05, 3.63) is 34.9 Å². The maximum atomic E-state index is 11.8. The van der Waals surface area contributed by atoms with Crippen molar-refractivity contribution >= 4 is 11.9 Å². The van der Waals surface area contributed by atoms with Crippen LogP contribution in [0.2, 0.25) is 0 Å². The lowest BCUT2D eigenvalue weighted by Crippen LogP contribution is -2.30. The molecule has 0 aromatic heterocycles. The molecule has 0 spiro atoms. The number of unbranched alkanes of at least 4 members (excludes halogenated alkanes) is 1. The zero-order chi connectivity index (χ0) is 14.3. The monoisotopic (exact) mass is 263 g/mol. The molecule has 0 saturated heterocycles. The van der Waals surface area contributed by atoms with E-state index in [9.17, 15) is 9.59 Å². The van der Waals surface area contributed by atoms with Gasteiger partial charge in [0.1, 0.15) is 6.54 Å². The molecule has 1 amide bonds. The summed E-state index contributed by atoms with van der Waals surface area (Å²) in [6.07, 6.45) is 1.82. The van der Waals surface area contributed by atoms with Gasteiger partial charge < -0.3 is 10.1 Å². The van der Waals surface area contributed by atoms with Gasteiger partial charge in [0.25, 0.3) is 5.91 Å². The highest BCUT2D eigenvalue weighted by atomic mass is 16.5. The number of esters is 1. The number of amides is 1. The first-order chi connectivity index (χ1) is 9.04. The van der Waals surface area contributed by atoms with Gasteiger partial charge in [0.15, 0.2) is 0 Å². The van der Waals surface area contributed by atoms with E-state index in [1.54, 1.807) is 6.07 Å². The Labute approximate surface area is 114 Å². The van der Waals surface area contributed by atoms with Crippen LogP contribution in [0.25, 0.3) is 0 Å². The van der Waals surface area contributed by atoms with Crippen LogP contribution in [0.4, 0.5) is 0 Å². The summed E-state index contributed by atoms with van der Waals surface area (Å²) < 4.78 is 4.96. The largest absolute Gasteiger partial charge is 0.464 e. The molecule has 1 rings (SSSR count). The van der Waals surface area contributed by atoms with E-state index in [4.69, 9.17) is 4.74 Å². The van der Waals surface area contributed by atoms with Crippen molar-refractivity contribution in [3.8, 4) is 0 Å². The molecule has 0 fully saturated rings. The Morgan fingerprint density at radius 2 is 1.95 bits per heavy atom. The Morgan fingerprint density at radius 1 is 1.21 bits per heavy atom. The summed E-state index contributed by atoms with van der Waals surface area (Å²) in [5.41, 5.74) is 2.75. The standard InChI is InChI=1S/C15H21NO3/c1-4-5-8-19-14(17)10-16-15(18)13-7-6-11(2)12(3)9-13/h6-7,9H,4-5,8,10H2,1-3H3,(H,16,18). The van der Waals surface area contributed by atoms with Crippen LogP contribution in [-0.4, -0.2) is 25.0 Å². The van der Waals surface area contributed by atoms with Crippen molar-refractivity contribution in [2.75, 3.05) is 13.2 Å². The minimum atomic E-state index is -0.398. The smallest absolute Gasteiger partial charge is 0.325 e. The van der Waals surface area contributed by atoms with Crippen LogP contribution in [0.3, 0.4) is 0 Å². The molecule has 0 bridgehead atoms. The summed E-state index contributed by atoms with van der Waals surface area (Å²) in [6, 6.07) is 5.46. The topological polar surface area (TPSA) is 55.4 Å². The number of carbonyl (C=O) groups excluding carboxylic acids is 2. The number of aryl methyl sites for hydroxylation is 2. The summed E-state index contributed by atoms with van der Waals surface area (Å²) in [6.45, 7) is 6.28. The Morgan fingerprint density at radius 3 is 2.58 bits per heavy atom. The molecule has 19 heavy (non-hydrogen) atoms. The van der Waals surface area contributed by atoms with Gasteiger partial charge in [-0.2, -0.15) is 0 Å². The maximum Gasteiger partial charge on any atom is 0.325 e. The zero-order valence-corrected chi connectivity index (χ0v) is 11.8. The van der Waals surface area contributed by atoms with Gasteiger partial charge in [-0.15, -0.1) is 0 Å². The van der Waals surface area contributed by atoms with E-state index in [1.807, 2.05) is 32.9 Å². The Kier molecular flexibility index (Phi) is 6.06. The molecule has 0 aliphatic heterocycles. The van der Waals surface area contributed by atoms with E-state index in [-0.39, 0.29) is 12.5 Å². The number of hydrogen-bond donors (Lipinski definition) is 1. The first-order valence-corrected chi connectivity index (χ1v) is 6.55. The van der Waals surface area contributed by atoms with Crippen LogP contribution in [-0.2, 0) is 9.53 Å². The number of rotatable bonds is 6. The van der Waals surface area contributed by atoms with Gasteiger partial charge in [-0.25, -0.2) is 0 Å². The molecule has 1 N–H and O–H groups in total. The van der Waals surface area contributed by atoms with Crippen LogP contribution >= 0.6 is 0 Å². The average Bonchev–Trinajstić information content (AvgIpc) is 2.39. The van der Waals surface area contributed by atoms with E-state index in [1.165, 1.54) is 0 Å². The van der Waals surface area contributed by atoms with Crippen LogP contribution in [0, 0.1) is 13.8 Å².